The molecule has 2 heterocycles. The van der Waals surface area contributed by atoms with E-state index in [2.05, 4.69) is 22.3 Å². The number of hydrogen-bond donors (Lipinski definition) is 1. The zero-order chi connectivity index (χ0) is 33.2. The van der Waals surface area contributed by atoms with E-state index < -0.39 is 15.6 Å². The van der Waals surface area contributed by atoms with E-state index in [4.69, 9.17) is 9.73 Å². The number of piperidine rings is 1. The van der Waals surface area contributed by atoms with Crippen LogP contribution in [0.15, 0.2) is 82.7 Å². The summed E-state index contributed by atoms with van der Waals surface area (Å²) in [5.74, 6) is 1.68. The van der Waals surface area contributed by atoms with Crippen molar-refractivity contribution in [2.45, 2.75) is 87.9 Å². The maximum atomic E-state index is 14.1. The van der Waals surface area contributed by atoms with Gasteiger partial charge in [-0.15, -0.1) is 0 Å². The third kappa shape index (κ3) is 6.96. The molecule has 2 saturated heterocycles. The zero-order valence-corrected chi connectivity index (χ0v) is 28.8. The average molecular weight is 658 g/mol. The molecule has 10 heteroatoms. The molecule has 1 saturated carbocycles. The Bertz CT molecular complexity index is 1710. The summed E-state index contributed by atoms with van der Waals surface area (Å²) in [5.41, 5.74) is 3.13. The van der Waals surface area contributed by atoms with Crippen molar-refractivity contribution >= 4 is 27.6 Å². The van der Waals surface area contributed by atoms with Crippen LogP contribution in [0.2, 0.25) is 0 Å². The fraction of sp³-hybridized carbons (Fsp3) is 0.459. The highest BCUT2D eigenvalue weighted by Gasteiger charge is 2.53. The fourth-order valence-corrected chi connectivity index (χ4v) is 8.08. The molecule has 3 aromatic carbocycles. The molecule has 3 fully saturated rings. The average Bonchev–Trinajstić information content (AvgIpc) is 3.31. The number of urea groups is 1. The van der Waals surface area contributed by atoms with Crippen LogP contribution in [0.4, 0.5) is 10.5 Å². The summed E-state index contributed by atoms with van der Waals surface area (Å²) in [4.78, 5) is 24.0. The third-order valence-electron chi connectivity index (χ3n) is 9.63. The van der Waals surface area contributed by atoms with Crippen LogP contribution in [0.1, 0.15) is 64.4 Å². The molecule has 0 bridgehead atoms. The number of nitrogens with zero attached hydrogens (tertiary/aromatic N) is 4. The Hall–Kier alpha value is -3.73. The lowest BCUT2D eigenvalue weighted by Crippen LogP contribution is -2.57. The van der Waals surface area contributed by atoms with Crippen molar-refractivity contribution < 1.29 is 17.9 Å². The number of carbonyl (C=O) groups excluding carboxylic acids is 1. The van der Waals surface area contributed by atoms with E-state index in [9.17, 15) is 13.2 Å². The van der Waals surface area contributed by atoms with E-state index in [-0.39, 0.29) is 23.1 Å². The summed E-state index contributed by atoms with van der Waals surface area (Å²) < 4.78 is 32.6. The number of amides is 2. The topological polar surface area (TPSA) is 94.5 Å². The zero-order valence-electron chi connectivity index (χ0n) is 28.0. The molecule has 3 aromatic rings. The first-order chi connectivity index (χ1) is 22.6. The Labute approximate surface area is 279 Å². The smallest absolute Gasteiger partial charge is 0.328 e. The number of hydrogen-bond acceptors (Lipinski definition) is 6. The Morgan fingerprint density at radius 2 is 1.66 bits per heavy atom. The lowest BCUT2D eigenvalue weighted by Gasteiger charge is -2.44. The van der Waals surface area contributed by atoms with Gasteiger partial charge >= 0.3 is 6.03 Å². The highest BCUT2D eigenvalue weighted by Crippen LogP contribution is 2.43. The molecule has 3 aliphatic rings. The van der Waals surface area contributed by atoms with Crippen molar-refractivity contribution in [2.75, 3.05) is 32.1 Å². The van der Waals surface area contributed by atoms with Crippen molar-refractivity contribution in [3.63, 3.8) is 0 Å². The van der Waals surface area contributed by atoms with Crippen LogP contribution in [0, 0.1) is 0 Å². The molecule has 2 aliphatic heterocycles. The first-order valence-corrected chi connectivity index (χ1v) is 18.3. The molecule has 6 rings (SSSR count). The second kappa shape index (κ2) is 13.8. The number of likely N-dealkylation sites (tertiary alicyclic amines) is 1. The normalized spacial score (nSPS) is 20.0. The van der Waals surface area contributed by atoms with Gasteiger partial charge in [-0.05, 0) is 81.0 Å². The van der Waals surface area contributed by atoms with E-state index in [0.29, 0.717) is 0 Å². The van der Waals surface area contributed by atoms with Crippen LogP contribution in [-0.2, 0) is 16.6 Å². The highest BCUT2D eigenvalue weighted by molar-refractivity contribution is 7.89. The van der Waals surface area contributed by atoms with E-state index in [1.54, 1.807) is 12.1 Å². The Balaban J connectivity index is 1.32. The van der Waals surface area contributed by atoms with Gasteiger partial charge in [0.2, 0.25) is 10.0 Å². The molecule has 2 amide bonds. The molecule has 1 N–H and O–H groups in total. The molecular weight excluding hydrogens is 611 g/mol. The van der Waals surface area contributed by atoms with E-state index in [1.807, 2.05) is 67.3 Å². The molecule has 0 radical (unpaired) electrons. The molecule has 1 aliphatic carbocycles. The number of ether oxygens (including phenoxy) is 1. The first kappa shape index (κ1) is 33.2. The molecule has 0 unspecified atom stereocenters. The van der Waals surface area contributed by atoms with Gasteiger partial charge < -0.3 is 4.74 Å². The van der Waals surface area contributed by atoms with Crippen LogP contribution in [0.3, 0.4) is 0 Å². The van der Waals surface area contributed by atoms with Crippen molar-refractivity contribution in [2.24, 2.45) is 4.99 Å². The van der Waals surface area contributed by atoms with Gasteiger partial charge in [-0.25, -0.2) is 17.5 Å². The number of rotatable bonds is 9. The summed E-state index contributed by atoms with van der Waals surface area (Å²) >= 11 is 0. The number of carbonyl (C=O) groups is 1. The SMILES string of the molecule is CC(C)Oc1cccc(CN2CCC3(CC2)C(=NC2CCCCC2)NC(=O)N3c2ccccc2-c2ccc(S(=O)(=O)N(C)C)cc2)c1. The number of anilines is 1. The standard InChI is InChI=1S/C37H47N5O4S/c1-27(2)46-31-14-10-11-28(25-31)26-41-23-21-37(22-24-41)35(38-30-12-6-5-7-13-30)39-36(43)42(37)34-16-9-8-15-33(34)29-17-19-32(20-18-29)47(44,45)40(3)4/h8-11,14-20,25,27,30H,5-7,12-13,21-24,26H2,1-4H3,(H,38,39,43). The minimum Gasteiger partial charge on any atom is -0.491 e. The van der Waals surface area contributed by atoms with Gasteiger partial charge in [-0.1, -0.05) is 61.7 Å². The van der Waals surface area contributed by atoms with Crippen LogP contribution >= 0.6 is 0 Å². The summed E-state index contributed by atoms with van der Waals surface area (Å²) in [7, 11) is -0.503. The van der Waals surface area contributed by atoms with Gasteiger partial charge in [-0.2, -0.15) is 0 Å². The number of benzene rings is 3. The molecule has 9 nitrogen and oxygen atoms in total. The summed E-state index contributed by atoms with van der Waals surface area (Å²) in [6.45, 7) is 6.50. The van der Waals surface area contributed by atoms with Gasteiger partial charge in [0, 0.05) is 39.3 Å². The Morgan fingerprint density at radius 3 is 2.34 bits per heavy atom. The predicted octanol–water partition coefficient (Wildman–Crippen LogP) is 6.69. The Kier molecular flexibility index (Phi) is 9.73. The van der Waals surface area contributed by atoms with E-state index in [1.165, 1.54) is 43.2 Å². The summed E-state index contributed by atoms with van der Waals surface area (Å²) in [6.07, 6.45) is 7.29. The van der Waals surface area contributed by atoms with Crippen molar-refractivity contribution in [3.8, 4) is 16.9 Å². The minimum absolute atomic E-state index is 0.118. The second-order valence-corrected chi connectivity index (χ2v) is 15.6. The maximum Gasteiger partial charge on any atom is 0.328 e. The van der Waals surface area contributed by atoms with Gasteiger partial charge in [0.1, 0.15) is 17.1 Å². The largest absolute Gasteiger partial charge is 0.491 e. The highest BCUT2D eigenvalue weighted by atomic mass is 32.2. The third-order valence-corrected chi connectivity index (χ3v) is 11.5. The van der Waals surface area contributed by atoms with Gasteiger partial charge in [-0.3, -0.25) is 20.1 Å². The van der Waals surface area contributed by atoms with E-state index >= 15 is 0 Å². The quantitative estimate of drug-likeness (QED) is 0.277. The van der Waals surface area contributed by atoms with Gasteiger partial charge in [0.15, 0.2) is 0 Å². The minimum atomic E-state index is -3.56. The molecule has 0 aromatic heterocycles. The van der Waals surface area contributed by atoms with Crippen LogP contribution < -0.4 is 15.0 Å². The lowest BCUT2D eigenvalue weighted by atomic mass is 9.84. The van der Waals surface area contributed by atoms with Crippen molar-refractivity contribution in [1.82, 2.24) is 14.5 Å². The van der Waals surface area contributed by atoms with Crippen LogP contribution in [-0.4, -0.2) is 74.4 Å². The number of amidine groups is 1. The van der Waals surface area contributed by atoms with Gasteiger partial charge in [0.25, 0.3) is 0 Å². The summed E-state index contributed by atoms with van der Waals surface area (Å²) in [6, 6.07) is 23.2. The molecule has 1 spiro atoms. The van der Waals surface area contributed by atoms with Gasteiger partial charge in [0.05, 0.1) is 22.7 Å². The second-order valence-electron chi connectivity index (χ2n) is 13.5. The first-order valence-electron chi connectivity index (χ1n) is 16.9. The molecule has 47 heavy (non-hydrogen) atoms. The number of aliphatic imine (C=N–C) groups is 1. The molecule has 0 atom stereocenters. The van der Waals surface area contributed by atoms with Crippen molar-refractivity contribution in [3.05, 3.63) is 78.4 Å². The number of para-hydroxylation sites is 1. The number of sulfonamides is 1. The monoisotopic (exact) mass is 657 g/mol. The van der Waals surface area contributed by atoms with Crippen molar-refractivity contribution in [1.29, 1.82) is 0 Å². The predicted molar refractivity (Wildman–Crippen MR) is 188 cm³/mol. The Morgan fingerprint density at radius 1 is 0.957 bits per heavy atom. The number of nitrogens with one attached hydrogen (secondary N) is 1. The maximum absolute atomic E-state index is 14.1. The molecule has 250 valence electrons. The molecular formula is C37H47N5O4S. The van der Waals surface area contributed by atoms with Crippen LogP contribution in [0.5, 0.6) is 5.75 Å². The fourth-order valence-electron chi connectivity index (χ4n) is 7.18. The van der Waals surface area contributed by atoms with E-state index in [0.717, 1.165) is 73.7 Å². The summed E-state index contributed by atoms with van der Waals surface area (Å²) in [5, 5.41) is 3.24. The lowest BCUT2D eigenvalue weighted by molar-refractivity contribution is 0.183. The van der Waals surface area contributed by atoms with Crippen LogP contribution in [0.25, 0.3) is 11.1 Å².